The first kappa shape index (κ1) is 16.4. The summed E-state index contributed by atoms with van der Waals surface area (Å²) in [5.74, 6) is 1.47. The van der Waals surface area contributed by atoms with Crippen molar-refractivity contribution in [3.8, 4) is 0 Å². The van der Waals surface area contributed by atoms with E-state index in [0.717, 1.165) is 43.3 Å². The number of hydrogen-bond donors (Lipinski definition) is 1. The van der Waals surface area contributed by atoms with Crippen molar-refractivity contribution in [1.82, 2.24) is 10.2 Å². The Hall–Kier alpha value is -0.930. The molecule has 2 nitrogen and oxygen atoms in total. The molecule has 1 saturated heterocycles. The first-order chi connectivity index (χ1) is 10.1. The molecule has 3 unspecified atom stereocenters. The molecule has 0 bridgehead atoms. The number of halogens is 1. The number of nitrogens with zero attached hydrogens (tertiary/aromatic N) is 1. The molecular weight excluding hydrogens is 263 g/mol. The van der Waals surface area contributed by atoms with Gasteiger partial charge in [-0.3, -0.25) is 0 Å². The smallest absolute Gasteiger partial charge is 0.127 e. The van der Waals surface area contributed by atoms with Gasteiger partial charge in [-0.25, -0.2) is 4.39 Å². The Bertz CT molecular complexity index is 425. The Balaban J connectivity index is 1.95. The van der Waals surface area contributed by atoms with Gasteiger partial charge < -0.3 is 10.2 Å². The molecule has 21 heavy (non-hydrogen) atoms. The van der Waals surface area contributed by atoms with E-state index < -0.39 is 0 Å². The molecule has 1 heterocycles. The fourth-order valence-corrected chi connectivity index (χ4v) is 3.19. The van der Waals surface area contributed by atoms with Crippen LogP contribution in [0.1, 0.15) is 45.2 Å². The Kier molecular flexibility index (Phi) is 6.19. The second-order valence-corrected chi connectivity index (χ2v) is 6.53. The first-order valence-electron chi connectivity index (χ1n) is 8.32. The predicted molar refractivity (Wildman–Crippen MR) is 86.8 cm³/mol. The molecule has 2 rings (SSSR count). The molecule has 1 N–H and O–H groups in total. The molecule has 0 aromatic heterocycles. The van der Waals surface area contributed by atoms with Crippen molar-refractivity contribution in [3.05, 3.63) is 35.6 Å². The quantitative estimate of drug-likeness (QED) is 0.821. The molecule has 0 radical (unpaired) electrons. The van der Waals surface area contributed by atoms with E-state index in [-0.39, 0.29) is 11.9 Å². The molecule has 1 aromatic rings. The van der Waals surface area contributed by atoms with E-state index >= 15 is 0 Å². The molecule has 0 saturated carbocycles. The third kappa shape index (κ3) is 4.52. The minimum absolute atomic E-state index is 0.0886. The monoisotopic (exact) mass is 292 g/mol. The summed E-state index contributed by atoms with van der Waals surface area (Å²) in [5, 5.41) is 3.51. The van der Waals surface area contributed by atoms with Crippen LogP contribution in [-0.4, -0.2) is 31.1 Å². The van der Waals surface area contributed by atoms with Gasteiger partial charge in [0.25, 0.3) is 0 Å². The zero-order valence-electron chi connectivity index (χ0n) is 13.6. The van der Waals surface area contributed by atoms with E-state index in [0.29, 0.717) is 0 Å². The highest BCUT2D eigenvalue weighted by Gasteiger charge is 2.26. The summed E-state index contributed by atoms with van der Waals surface area (Å²) in [6, 6.07) is 7.30. The van der Waals surface area contributed by atoms with Gasteiger partial charge in [0.1, 0.15) is 5.82 Å². The van der Waals surface area contributed by atoms with Crippen molar-refractivity contribution >= 4 is 0 Å². The minimum atomic E-state index is -0.0886. The number of rotatable bonds is 7. The molecule has 3 heteroatoms. The lowest BCUT2D eigenvalue weighted by atomic mass is 10.0. The van der Waals surface area contributed by atoms with Gasteiger partial charge in [0, 0.05) is 24.7 Å². The van der Waals surface area contributed by atoms with Crippen molar-refractivity contribution in [1.29, 1.82) is 0 Å². The third-order valence-corrected chi connectivity index (χ3v) is 4.72. The summed E-state index contributed by atoms with van der Waals surface area (Å²) in [5.41, 5.74) is 0.811. The van der Waals surface area contributed by atoms with Crippen molar-refractivity contribution < 1.29 is 4.39 Å². The van der Waals surface area contributed by atoms with E-state index in [2.05, 4.69) is 31.0 Å². The van der Waals surface area contributed by atoms with Gasteiger partial charge in [-0.1, -0.05) is 39.0 Å². The van der Waals surface area contributed by atoms with Crippen LogP contribution in [0.2, 0.25) is 0 Å². The highest BCUT2D eigenvalue weighted by atomic mass is 19.1. The molecule has 0 spiro atoms. The van der Waals surface area contributed by atoms with Gasteiger partial charge >= 0.3 is 0 Å². The molecule has 0 amide bonds. The predicted octanol–water partition coefficient (Wildman–Crippen LogP) is 3.84. The van der Waals surface area contributed by atoms with Gasteiger partial charge in [-0.05, 0) is 43.8 Å². The topological polar surface area (TPSA) is 15.3 Å². The zero-order chi connectivity index (χ0) is 15.2. The van der Waals surface area contributed by atoms with E-state index in [4.69, 9.17) is 0 Å². The van der Waals surface area contributed by atoms with E-state index in [1.54, 1.807) is 12.1 Å². The summed E-state index contributed by atoms with van der Waals surface area (Å²) in [4.78, 5) is 2.52. The van der Waals surface area contributed by atoms with Gasteiger partial charge in [0.2, 0.25) is 0 Å². The van der Waals surface area contributed by atoms with Gasteiger partial charge in [0.15, 0.2) is 0 Å². The summed E-state index contributed by atoms with van der Waals surface area (Å²) in [7, 11) is 0. The molecule has 1 fully saturated rings. The maximum Gasteiger partial charge on any atom is 0.127 e. The lowest BCUT2D eigenvalue weighted by molar-refractivity contribution is 0.296. The maximum atomic E-state index is 14.0. The van der Waals surface area contributed by atoms with Gasteiger partial charge in [0.05, 0.1) is 0 Å². The van der Waals surface area contributed by atoms with Crippen LogP contribution in [0.4, 0.5) is 4.39 Å². The molecular formula is C18H29FN2. The standard InChI is InChI=1S/C18H29FN2/c1-4-10-20-18(16-7-5-6-8-17(16)19)9-11-21-12-14(2)15(3)13-21/h5-8,14-15,18,20H,4,9-13H2,1-3H3. The molecule has 1 aliphatic rings. The third-order valence-electron chi connectivity index (χ3n) is 4.72. The zero-order valence-corrected chi connectivity index (χ0v) is 13.6. The van der Waals surface area contributed by atoms with E-state index in [1.165, 1.54) is 13.1 Å². The van der Waals surface area contributed by atoms with Crippen LogP contribution in [0.25, 0.3) is 0 Å². The maximum absolute atomic E-state index is 14.0. The molecule has 118 valence electrons. The lowest BCUT2D eigenvalue weighted by Crippen LogP contribution is -2.29. The average Bonchev–Trinajstić information content (AvgIpc) is 2.79. The molecule has 3 atom stereocenters. The number of benzene rings is 1. The summed E-state index contributed by atoms with van der Waals surface area (Å²) in [6.07, 6.45) is 2.04. The van der Waals surface area contributed by atoms with Crippen LogP contribution in [0.3, 0.4) is 0 Å². The van der Waals surface area contributed by atoms with Crippen molar-refractivity contribution in [2.24, 2.45) is 11.8 Å². The average molecular weight is 292 g/mol. The number of likely N-dealkylation sites (tertiary alicyclic amines) is 1. The van der Waals surface area contributed by atoms with Crippen molar-refractivity contribution in [2.75, 3.05) is 26.2 Å². The Labute approximate surface area is 128 Å². The Morgan fingerprint density at radius 3 is 2.52 bits per heavy atom. The fourth-order valence-electron chi connectivity index (χ4n) is 3.19. The van der Waals surface area contributed by atoms with Crippen LogP contribution in [0.5, 0.6) is 0 Å². The molecule has 1 aromatic carbocycles. The van der Waals surface area contributed by atoms with Crippen molar-refractivity contribution in [3.63, 3.8) is 0 Å². The van der Waals surface area contributed by atoms with Crippen LogP contribution in [0.15, 0.2) is 24.3 Å². The van der Waals surface area contributed by atoms with Gasteiger partial charge in [-0.15, -0.1) is 0 Å². The normalized spacial score (nSPS) is 24.4. The van der Waals surface area contributed by atoms with Crippen LogP contribution >= 0.6 is 0 Å². The van der Waals surface area contributed by atoms with E-state index in [9.17, 15) is 4.39 Å². The summed E-state index contributed by atoms with van der Waals surface area (Å²) in [6.45, 7) is 11.1. The summed E-state index contributed by atoms with van der Waals surface area (Å²) >= 11 is 0. The first-order valence-corrected chi connectivity index (χ1v) is 8.32. The fraction of sp³-hybridized carbons (Fsp3) is 0.667. The Morgan fingerprint density at radius 2 is 1.90 bits per heavy atom. The Morgan fingerprint density at radius 1 is 1.24 bits per heavy atom. The summed E-state index contributed by atoms with van der Waals surface area (Å²) < 4.78 is 14.0. The second kappa shape index (κ2) is 7.90. The van der Waals surface area contributed by atoms with Crippen LogP contribution in [0, 0.1) is 17.7 Å². The van der Waals surface area contributed by atoms with Crippen molar-refractivity contribution in [2.45, 2.75) is 39.7 Å². The highest BCUT2D eigenvalue weighted by molar-refractivity contribution is 5.21. The second-order valence-electron chi connectivity index (χ2n) is 6.53. The van der Waals surface area contributed by atoms with Crippen LogP contribution < -0.4 is 5.32 Å². The highest BCUT2D eigenvalue weighted by Crippen LogP contribution is 2.25. The largest absolute Gasteiger partial charge is 0.310 e. The minimum Gasteiger partial charge on any atom is -0.310 e. The number of nitrogens with one attached hydrogen (secondary N) is 1. The molecule has 1 aliphatic heterocycles. The molecule has 0 aliphatic carbocycles. The van der Waals surface area contributed by atoms with E-state index in [1.807, 2.05) is 12.1 Å². The number of hydrogen-bond acceptors (Lipinski definition) is 2. The SMILES string of the molecule is CCCNC(CCN1CC(C)C(C)C1)c1ccccc1F. The van der Waals surface area contributed by atoms with Gasteiger partial charge in [-0.2, -0.15) is 0 Å². The lowest BCUT2D eigenvalue weighted by Gasteiger charge is -2.23. The van der Waals surface area contributed by atoms with Crippen LogP contribution in [-0.2, 0) is 0 Å².